The molecule has 0 radical (unpaired) electrons. The summed E-state index contributed by atoms with van der Waals surface area (Å²) >= 11 is 0. The van der Waals surface area contributed by atoms with Crippen molar-refractivity contribution in [3.05, 3.63) is 29.6 Å². The largest absolute Gasteiger partial charge is 0.382 e. The van der Waals surface area contributed by atoms with Gasteiger partial charge in [0.25, 0.3) is 0 Å². The van der Waals surface area contributed by atoms with Crippen molar-refractivity contribution >= 4 is 0 Å². The number of aryl methyl sites for hydroxylation is 1. The van der Waals surface area contributed by atoms with Crippen LogP contribution in [0.3, 0.4) is 0 Å². The zero-order valence-electron chi connectivity index (χ0n) is 7.04. The maximum absolute atomic E-state index is 9.96. The molecule has 12 heavy (non-hydrogen) atoms. The molecule has 2 rings (SSSR count). The fraction of sp³-hybridized carbons (Fsp3) is 0.444. The molecule has 1 fully saturated rings. The third-order valence-corrected chi connectivity index (χ3v) is 2.38. The average molecular weight is 164 g/mol. The van der Waals surface area contributed by atoms with Gasteiger partial charge in [0.2, 0.25) is 0 Å². The number of rotatable bonds is 1. The Morgan fingerprint density at radius 2 is 2.33 bits per heavy atom. The van der Waals surface area contributed by atoms with Crippen molar-refractivity contribution in [1.82, 2.24) is 10.3 Å². The van der Waals surface area contributed by atoms with Crippen LogP contribution < -0.4 is 5.32 Å². The smallest absolute Gasteiger partial charge is 0.116 e. The van der Waals surface area contributed by atoms with E-state index in [0.717, 1.165) is 11.1 Å². The molecule has 1 aromatic heterocycles. The molecule has 0 spiro atoms. The van der Waals surface area contributed by atoms with Gasteiger partial charge in [0.05, 0.1) is 0 Å². The van der Waals surface area contributed by atoms with Crippen molar-refractivity contribution in [2.24, 2.45) is 0 Å². The highest BCUT2D eigenvalue weighted by atomic mass is 16.3. The molecule has 0 saturated carbocycles. The van der Waals surface area contributed by atoms with Crippen LogP contribution in [0.15, 0.2) is 18.5 Å². The monoisotopic (exact) mass is 164 g/mol. The van der Waals surface area contributed by atoms with E-state index in [4.69, 9.17) is 0 Å². The van der Waals surface area contributed by atoms with Crippen molar-refractivity contribution in [1.29, 1.82) is 0 Å². The van der Waals surface area contributed by atoms with Crippen LogP contribution in [0.5, 0.6) is 0 Å². The summed E-state index contributed by atoms with van der Waals surface area (Å²) in [6, 6.07) is 1.92. The molecule has 0 atom stereocenters. The minimum Gasteiger partial charge on any atom is -0.382 e. The molecular weight excluding hydrogens is 152 g/mol. The normalized spacial score (nSPS) is 20.2. The van der Waals surface area contributed by atoms with Crippen LogP contribution in [-0.4, -0.2) is 23.2 Å². The van der Waals surface area contributed by atoms with Crippen LogP contribution in [0.4, 0.5) is 0 Å². The fourth-order valence-electron chi connectivity index (χ4n) is 1.50. The first kappa shape index (κ1) is 7.71. The lowest BCUT2D eigenvalue weighted by atomic mass is 9.87. The predicted molar refractivity (Wildman–Crippen MR) is 45.7 cm³/mol. The number of hydrogen-bond donors (Lipinski definition) is 2. The summed E-state index contributed by atoms with van der Waals surface area (Å²) in [4.78, 5) is 4.01. The van der Waals surface area contributed by atoms with Crippen LogP contribution >= 0.6 is 0 Å². The van der Waals surface area contributed by atoms with Crippen LogP contribution in [0.2, 0.25) is 0 Å². The molecule has 3 heteroatoms. The third-order valence-electron chi connectivity index (χ3n) is 2.38. The van der Waals surface area contributed by atoms with Gasteiger partial charge in [0, 0.05) is 31.0 Å². The maximum atomic E-state index is 9.96. The van der Waals surface area contributed by atoms with Crippen LogP contribution in [-0.2, 0) is 5.60 Å². The van der Waals surface area contributed by atoms with Gasteiger partial charge < -0.3 is 10.4 Å². The molecule has 1 aliphatic heterocycles. The second-order valence-corrected chi connectivity index (χ2v) is 3.33. The highest BCUT2D eigenvalue weighted by Gasteiger charge is 2.37. The summed E-state index contributed by atoms with van der Waals surface area (Å²) in [7, 11) is 0. The topological polar surface area (TPSA) is 45.2 Å². The summed E-state index contributed by atoms with van der Waals surface area (Å²) < 4.78 is 0. The molecule has 0 aromatic carbocycles. The van der Waals surface area contributed by atoms with Crippen molar-refractivity contribution in [3.8, 4) is 0 Å². The number of nitrogens with one attached hydrogen (secondary N) is 1. The number of hydrogen-bond acceptors (Lipinski definition) is 3. The Kier molecular flexibility index (Phi) is 1.63. The van der Waals surface area contributed by atoms with Crippen molar-refractivity contribution in [3.63, 3.8) is 0 Å². The summed E-state index contributed by atoms with van der Waals surface area (Å²) in [5.74, 6) is 0. The van der Waals surface area contributed by atoms with Crippen molar-refractivity contribution < 1.29 is 5.11 Å². The van der Waals surface area contributed by atoms with E-state index in [-0.39, 0.29) is 0 Å². The summed E-state index contributed by atoms with van der Waals surface area (Å²) in [6.07, 6.45) is 3.49. The minimum absolute atomic E-state index is 0.638. The Morgan fingerprint density at radius 1 is 1.58 bits per heavy atom. The number of aromatic nitrogens is 1. The van der Waals surface area contributed by atoms with E-state index in [9.17, 15) is 5.11 Å². The fourth-order valence-corrected chi connectivity index (χ4v) is 1.50. The van der Waals surface area contributed by atoms with Crippen molar-refractivity contribution in [2.75, 3.05) is 13.1 Å². The second-order valence-electron chi connectivity index (χ2n) is 3.33. The zero-order chi connectivity index (χ0) is 8.60. The van der Waals surface area contributed by atoms with E-state index >= 15 is 0 Å². The SMILES string of the molecule is Cc1ccncc1C1(O)CNC1. The molecule has 1 aromatic rings. The Labute approximate surface area is 71.4 Å². The third kappa shape index (κ3) is 1.02. The van der Waals surface area contributed by atoms with Gasteiger partial charge in [-0.3, -0.25) is 4.98 Å². The highest BCUT2D eigenvalue weighted by molar-refractivity contribution is 5.30. The predicted octanol–water partition coefficient (Wildman–Crippen LogP) is 0.181. The zero-order valence-corrected chi connectivity index (χ0v) is 7.04. The molecule has 3 nitrogen and oxygen atoms in total. The molecular formula is C9H12N2O. The molecule has 2 N–H and O–H groups in total. The van der Waals surface area contributed by atoms with Gasteiger partial charge in [-0.2, -0.15) is 0 Å². The molecule has 0 bridgehead atoms. The number of nitrogens with zero attached hydrogens (tertiary/aromatic N) is 1. The lowest BCUT2D eigenvalue weighted by Gasteiger charge is -2.38. The molecule has 0 unspecified atom stereocenters. The molecule has 0 aliphatic carbocycles. The summed E-state index contributed by atoms with van der Waals surface area (Å²) in [6.45, 7) is 3.27. The molecule has 0 amide bonds. The van der Waals surface area contributed by atoms with E-state index in [1.165, 1.54) is 0 Å². The maximum Gasteiger partial charge on any atom is 0.116 e. The quantitative estimate of drug-likeness (QED) is 0.622. The lowest BCUT2D eigenvalue weighted by Crippen LogP contribution is -2.57. The second kappa shape index (κ2) is 2.54. The van der Waals surface area contributed by atoms with E-state index < -0.39 is 5.60 Å². The Hall–Kier alpha value is -0.930. The van der Waals surface area contributed by atoms with E-state index in [0.29, 0.717) is 13.1 Å². The molecule has 1 saturated heterocycles. The number of β-amino-alcohol motifs (C(OH)–C–C–N with tert-alkyl or cyclic N) is 1. The van der Waals surface area contributed by atoms with Crippen molar-refractivity contribution in [2.45, 2.75) is 12.5 Å². The Morgan fingerprint density at radius 3 is 2.83 bits per heavy atom. The first-order valence-electron chi connectivity index (χ1n) is 4.06. The minimum atomic E-state index is -0.668. The molecule has 64 valence electrons. The van der Waals surface area contributed by atoms with Gasteiger partial charge >= 0.3 is 0 Å². The standard InChI is InChI=1S/C9H12N2O/c1-7-2-3-10-4-8(7)9(12)5-11-6-9/h2-4,11-12H,5-6H2,1H3. The van der Waals surface area contributed by atoms with Gasteiger partial charge in [-0.1, -0.05) is 0 Å². The van der Waals surface area contributed by atoms with Gasteiger partial charge in [-0.05, 0) is 18.6 Å². The van der Waals surface area contributed by atoms with E-state index in [2.05, 4.69) is 10.3 Å². The highest BCUT2D eigenvalue weighted by Crippen LogP contribution is 2.26. The molecule has 1 aliphatic rings. The van der Waals surface area contributed by atoms with Crippen LogP contribution in [0.25, 0.3) is 0 Å². The number of aliphatic hydroxyl groups is 1. The van der Waals surface area contributed by atoms with Crippen LogP contribution in [0, 0.1) is 6.92 Å². The van der Waals surface area contributed by atoms with E-state index in [1.54, 1.807) is 12.4 Å². The summed E-state index contributed by atoms with van der Waals surface area (Å²) in [5.41, 5.74) is 1.39. The first-order valence-corrected chi connectivity index (χ1v) is 4.06. The Bertz CT molecular complexity index is 294. The van der Waals surface area contributed by atoms with Gasteiger partial charge in [-0.15, -0.1) is 0 Å². The van der Waals surface area contributed by atoms with Gasteiger partial charge in [0.15, 0.2) is 0 Å². The molecule has 2 heterocycles. The summed E-state index contributed by atoms with van der Waals surface area (Å²) in [5, 5.41) is 13.0. The number of pyridine rings is 1. The first-order chi connectivity index (χ1) is 5.72. The van der Waals surface area contributed by atoms with Gasteiger partial charge in [0.1, 0.15) is 5.60 Å². The Balaban J connectivity index is 2.39. The average Bonchev–Trinajstić information content (AvgIpc) is 2.01. The lowest BCUT2D eigenvalue weighted by molar-refractivity contribution is -0.0154. The van der Waals surface area contributed by atoms with E-state index in [1.807, 2.05) is 13.0 Å². The van der Waals surface area contributed by atoms with Gasteiger partial charge in [-0.25, -0.2) is 0 Å². The van der Waals surface area contributed by atoms with Crippen LogP contribution in [0.1, 0.15) is 11.1 Å².